The lowest BCUT2D eigenvalue weighted by Crippen LogP contribution is -2.35. The molecule has 2 heterocycles. The van der Waals surface area contributed by atoms with E-state index in [0.29, 0.717) is 21.8 Å². The van der Waals surface area contributed by atoms with Crippen molar-refractivity contribution >= 4 is 29.0 Å². The number of halogens is 1. The number of rotatable bonds is 2. The van der Waals surface area contributed by atoms with Gasteiger partial charge in [-0.25, -0.2) is 0 Å². The molecule has 1 amide bonds. The molecular formula is C21H21ClN2O2. The summed E-state index contributed by atoms with van der Waals surface area (Å²) in [6.45, 7) is 1.83. The average molecular weight is 369 g/mol. The molecule has 0 saturated carbocycles. The Bertz CT molecular complexity index is 872. The van der Waals surface area contributed by atoms with Gasteiger partial charge in [0, 0.05) is 22.2 Å². The van der Waals surface area contributed by atoms with Gasteiger partial charge in [-0.15, -0.1) is 0 Å². The van der Waals surface area contributed by atoms with Crippen molar-refractivity contribution in [1.29, 1.82) is 0 Å². The lowest BCUT2D eigenvalue weighted by molar-refractivity contribution is -0.124. The van der Waals surface area contributed by atoms with E-state index >= 15 is 0 Å². The molecule has 1 saturated heterocycles. The van der Waals surface area contributed by atoms with Gasteiger partial charge >= 0.3 is 0 Å². The quantitative estimate of drug-likeness (QED) is 0.873. The van der Waals surface area contributed by atoms with Gasteiger partial charge in [0.05, 0.1) is 5.92 Å². The standard InChI is InChI=1S/C21H21ClN2O2/c1-24-11-9-13(10-12-24)20(25)19-14-5-2-3-8-17(14)23-21(26)15-6-4-7-16(22)18(15)19/h2-8,13,19H,9-12H2,1H3,(H,23,26). The zero-order chi connectivity index (χ0) is 18.3. The number of hydrogen-bond acceptors (Lipinski definition) is 3. The van der Waals surface area contributed by atoms with Gasteiger partial charge < -0.3 is 10.2 Å². The van der Waals surface area contributed by atoms with Gasteiger partial charge in [0.1, 0.15) is 5.78 Å². The van der Waals surface area contributed by atoms with E-state index in [1.165, 1.54) is 0 Å². The van der Waals surface area contributed by atoms with E-state index in [1.807, 2.05) is 24.3 Å². The van der Waals surface area contributed by atoms with Gasteiger partial charge in [0.15, 0.2) is 0 Å². The largest absolute Gasteiger partial charge is 0.322 e. The third-order valence-electron chi connectivity index (χ3n) is 5.51. The number of benzene rings is 2. The van der Waals surface area contributed by atoms with Gasteiger partial charge in [-0.2, -0.15) is 0 Å². The second-order valence-corrected chi connectivity index (χ2v) is 7.56. The molecule has 5 heteroatoms. The third kappa shape index (κ3) is 2.93. The highest BCUT2D eigenvalue weighted by Gasteiger charge is 2.37. The first-order valence-corrected chi connectivity index (χ1v) is 9.35. The van der Waals surface area contributed by atoms with Crippen LogP contribution in [0.3, 0.4) is 0 Å². The fourth-order valence-corrected chi connectivity index (χ4v) is 4.34. The number of carbonyl (C=O) groups is 2. The Morgan fingerprint density at radius 1 is 1.12 bits per heavy atom. The van der Waals surface area contributed by atoms with Gasteiger partial charge in [-0.3, -0.25) is 9.59 Å². The van der Waals surface area contributed by atoms with Crippen molar-refractivity contribution in [3.8, 4) is 0 Å². The van der Waals surface area contributed by atoms with Crippen molar-refractivity contribution in [2.75, 3.05) is 25.5 Å². The first-order valence-electron chi connectivity index (χ1n) is 8.97. The number of nitrogens with zero attached hydrogens (tertiary/aromatic N) is 1. The molecule has 2 aromatic carbocycles. The fourth-order valence-electron chi connectivity index (χ4n) is 4.06. The molecule has 1 fully saturated rings. The number of hydrogen-bond donors (Lipinski definition) is 1. The van der Waals surface area contributed by atoms with Crippen LogP contribution in [-0.2, 0) is 4.79 Å². The van der Waals surface area contributed by atoms with Gasteiger partial charge in [-0.05, 0) is 62.3 Å². The van der Waals surface area contributed by atoms with Crippen molar-refractivity contribution in [2.24, 2.45) is 5.92 Å². The lowest BCUT2D eigenvalue weighted by atomic mass is 9.78. The van der Waals surface area contributed by atoms with Gasteiger partial charge in [-0.1, -0.05) is 35.9 Å². The minimum absolute atomic E-state index is 0.0124. The van der Waals surface area contributed by atoms with E-state index < -0.39 is 5.92 Å². The number of para-hydroxylation sites is 1. The van der Waals surface area contributed by atoms with Crippen LogP contribution in [0.4, 0.5) is 5.69 Å². The number of fused-ring (bicyclic) bond motifs is 2. The summed E-state index contributed by atoms with van der Waals surface area (Å²) in [6.07, 6.45) is 1.68. The number of ketones is 1. The zero-order valence-corrected chi connectivity index (χ0v) is 15.4. The smallest absolute Gasteiger partial charge is 0.256 e. The SMILES string of the molecule is CN1CCC(C(=O)C2c3ccccc3NC(=O)c3cccc(Cl)c32)CC1. The summed E-state index contributed by atoms with van der Waals surface area (Å²) >= 11 is 6.51. The number of carbonyl (C=O) groups excluding carboxylic acids is 2. The lowest BCUT2D eigenvalue weighted by Gasteiger charge is -2.31. The molecule has 4 rings (SSSR count). The fraction of sp³-hybridized carbons (Fsp3) is 0.333. The molecule has 1 N–H and O–H groups in total. The predicted molar refractivity (Wildman–Crippen MR) is 103 cm³/mol. The van der Waals surface area contributed by atoms with Crippen molar-refractivity contribution in [2.45, 2.75) is 18.8 Å². The summed E-state index contributed by atoms with van der Waals surface area (Å²) < 4.78 is 0. The highest BCUT2D eigenvalue weighted by Crippen LogP contribution is 2.42. The van der Waals surface area contributed by atoms with Crippen LogP contribution in [0.25, 0.3) is 0 Å². The zero-order valence-electron chi connectivity index (χ0n) is 14.7. The second kappa shape index (κ2) is 6.86. The molecule has 4 nitrogen and oxygen atoms in total. The van der Waals surface area contributed by atoms with E-state index in [0.717, 1.165) is 31.5 Å². The molecule has 134 valence electrons. The van der Waals surface area contributed by atoms with Crippen LogP contribution in [0, 0.1) is 5.92 Å². The summed E-state index contributed by atoms with van der Waals surface area (Å²) in [6, 6.07) is 12.8. The molecule has 2 aliphatic rings. The minimum Gasteiger partial charge on any atom is -0.322 e. The van der Waals surface area contributed by atoms with Crippen molar-refractivity contribution in [1.82, 2.24) is 4.90 Å². The van der Waals surface area contributed by atoms with Crippen LogP contribution >= 0.6 is 11.6 Å². The average Bonchev–Trinajstić information content (AvgIpc) is 2.77. The molecule has 0 aromatic heterocycles. The Balaban J connectivity index is 1.86. The third-order valence-corrected chi connectivity index (χ3v) is 5.84. The van der Waals surface area contributed by atoms with Crippen LogP contribution in [0.2, 0.25) is 5.02 Å². The molecule has 26 heavy (non-hydrogen) atoms. The number of anilines is 1. The number of piperidine rings is 1. The summed E-state index contributed by atoms with van der Waals surface area (Å²) in [5, 5.41) is 3.42. The molecule has 1 unspecified atom stereocenters. The van der Waals surface area contributed by atoms with Crippen molar-refractivity contribution < 1.29 is 9.59 Å². The number of likely N-dealkylation sites (tertiary alicyclic amines) is 1. The molecule has 0 aliphatic carbocycles. The highest BCUT2D eigenvalue weighted by atomic mass is 35.5. The number of Topliss-reactive ketones (excluding diaryl/α,β-unsaturated/α-hetero) is 1. The summed E-state index contributed by atoms with van der Waals surface area (Å²) in [7, 11) is 2.08. The first kappa shape index (κ1) is 17.3. The monoisotopic (exact) mass is 368 g/mol. The Morgan fingerprint density at radius 3 is 2.62 bits per heavy atom. The van der Waals surface area contributed by atoms with Crippen LogP contribution < -0.4 is 5.32 Å². The molecule has 0 radical (unpaired) electrons. The highest BCUT2D eigenvalue weighted by molar-refractivity contribution is 6.32. The minimum atomic E-state index is -0.512. The van der Waals surface area contributed by atoms with Gasteiger partial charge in [0.25, 0.3) is 5.91 Å². The van der Waals surface area contributed by atoms with Crippen LogP contribution in [0.1, 0.15) is 40.2 Å². The maximum absolute atomic E-state index is 13.6. The van der Waals surface area contributed by atoms with E-state index in [9.17, 15) is 9.59 Å². The normalized spacial score (nSPS) is 20.7. The second-order valence-electron chi connectivity index (χ2n) is 7.16. The number of nitrogens with one attached hydrogen (secondary N) is 1. The molecule has 0 spiro atoms. The predicted octanol–water partition coefficient (Wildman–Crippen LogP) is 3.95. The van der Waals surface area contributed by atoms with E-state index in [-0.39, 0.29) is 17.6 Å². The Kier molecular flexibility index (Phi) is 4.55. The van der Waals surface area contributed by atoms with Crippen molar-refractivity contribution in [3.05, 3.63) is 64.2 Å². The topological polar surface area (TPSA) is 49.4 Å². The summed E-state index contributed by atoms with van der Waals surface area (Å²) in [5.74, 6) is -0.575. The van der Waals surface area contributed by atoms with Crippen LogP contribution in [0.15, 0.2) is 42.5 Å². The summed E-state index contributed by atoms with van der Waals surface area (Å²) in [4.78, 5) is 28.5. The van der Waals surface area contributed by atoms with Crippen molar-refractivity contribution in [3.63, 3.8) is 0 Å². The Morgan fingerprint density at radius 2 is 1.85 bits per heavy atom. The van der Waals surface area contributed by atoms with Crippen LogP contribution in [-0.4, -0.2) is 36.7 Å². The van der Waals surface area contributed by atoms with E-state index in [1.54, 1.807) is 18.2 Å². The molecule has 1 atom stereocenters. The molecule has 0 bridgehead atoms. The Labute approximate surface area is 158 Å². The maximum Gasteiger partial charge on any atom is 0.256 e. The van der Waals surface area contributed by atoms with Gasteiger partial charge in [0.2, 0.25) is 0 Å². The summed E-state index contributed by atoms with van der Waals surface area (Å²) in [5.41, 5.74) is 2.65. The first-order chi connectivity index (χ1) is 12.6. The Hall–Kier alpha value is -2.17. The molecule has 2 aliphatic heterocycles. The molecular weight excluding hydrogens is 348 g/mol. The van der Waals surface area contributed by atoms with Crippen LogP contribution in [0.5, 0.6) is 0 Å². The maximum atomic E-state index is 13.6. The van der Waals surface area contributed by atoms with E-state index in [2.05, 4.69) is 17.3 Å². The molecule has 2 aromatic rings. The van der Waals surface area contributed by atoms with E-state index in [4.69, 9.17) is 11.6 Å². The number of amides is 1.